The molecule has 7 heteroatoms. The molecule has 0 radical (unpaired) electrons. The first-order valence-electron chi connectivity index (χ1n) is 9.80. The molecule has 2 aromatic rings. The third-order valence-electron chi connectivity index (χ3n) is 4.97. The lowest BCUT2D eigenvalue weighted by Crippen LogP contribution is -2.52. The third kappa shape index (κ3) is 4.90. The predicted molar refractivity (Wildman–Crippen MR) is 108 cm³/mol. The lowest BCUT2D eigenvalue weighted by Gasteiger charge is -2.39. The van der Waals surface area contributed by atoms with Crippen LogP contribution in [0.1, 0.15) is 45.6 Å². The maximum Gasteiger partial charge on any atom is 0.410 e. The molecule has 152 valence electrons. The average molecular weight is 386 g/mol. The van der Waals surface area contributed by atoms with Crippen LogP contribution >= 0.6 is 0 Å². The van der Waals surface area contributed by atoms with E-state index < -0.39 is 5.60 Å². The quantitative estimate of drug-likeness (QED) is 0.867. The maximum atomic E-state index is 12.7. The van der Waals surface area contributed by atoms with E-state index in [9.17, 15) is 4.79 Å². The lowest BCUT2D eigenvalue weighted by molar-refractivity contribution is 0.00670. The molecule has 0 aliphatic carbocycles. The number of aryl methyl sites for hydroxylation is 1. The van der Waals surface area contributed by atoms with Gasteiger partial charge < -0.3 is 20.1 Å². The van der Waals surface area contributed by atoms with Crippen LogP contribution in [-0.2, 0) is 11.2 Å². The van der Waals surface area contributed by atoms with Crippen molar-refractivity contribution in [2.75, 3.05) is 13.7 Å². The van der Waals surface area contributed by atoms with Crippen molar-refractivity contribution >= 4 is 17.1 Å². The van der Waals surface area contributed by atoms with Crippen LogP contribution in [0.2, 0.25) is 0 Å². The highest BCUT2D eigenvalue weighted by atomic mass is 16.6. The minimum absolute atomic E-state index is 0.00329. The zero-order chi connectivity index (χ0) is 20.3. The van der Waals surface area contributed by atoms with E-state index in [1.807, 2.05) is 39.0 Å². The molecule has 2 atom stereocenters. The fourth-order valence-electron chi connectivity index (χ4n) is 3.60. The molecule has 1 aliphatic rings. The number of hydrogen-bond acceptors (Lipinski definition) is 6. The molecule has 0 bridgehead atoms. The number of carbonyl (C=O) groups excluding carboxylic acids is 1. The second kappa shape index (κ2) is 8.31. The SMILES string of the molecule is COc1ccc2nccc(CC[C@H]3CC[C@H](N)CN3C(=O)OC(C)(C)C)c2n1. The third-order valence-corrected chi connectivity index (χ3v) is 4.97. The number of hydrogen-bond donors (Lipinski definition) is 1. The molecule has 1 amide bonds. The molecule has 1 aliphatic heterocycles. The molecular weight excluding hydrogens is 356 g/mol. The Hall–Kier alpha value is -2.41. The summed E-state index contributed by atoms with van der Waals surface area (Å²) in [4.78, 5) is 23.4. The molecule has 0 aromatic carbocycles. The van der Waals surface area contributed by atoms with Crippen LogP contribution in [0.5, 0.6) is 5.88 Å². The van der Waals surface area contributed by atoms with Crippen LogP contribution in [0, 0.1) is 0 Å². The van der Waals surface area contributed by atoms with Gasteiger partial charge in [-0.2, -0.15) is 0 Å². The van der Waals surface area contributed by atoms with Crippen molar-refractivity contribution in [1.29, 1.82) is 0 Å². The Labute approximate surface area is 166 Å². The Morgan fingerprint density at radius 2 is 2.07 bits per heavy atom. The van der Waals surface area contributed by atoms with Crippen LogP contribution in [0.3, 0.4) is 0 Å². The monoisotopic (exact) mass is 386 g/mol. The summed E-state index contributed by atoms with van der Waals surface area (Å²) in [7, 11) is 1.61. The molecule has 0 saturated carbocycles. The molecule has 28 heavy (non-hydrogen) atoms. The van der Waals surface area contributed by atoms with Crippen molar-refractivity contribution in [1.82, 2.24) is 14.9 Å². The number of pyridine rings is 2. The van der Waals surface area contributed by atoms with Crippen LogP contribution in [0.25, 0.3) is 11.0 Å². The maximum absolute atomic E-state index is 12.7. The number of amides is 1. The molecule has 3 rings (SSSR count). The highest BCUT2D eigenvalue weighted by molar-refractivity contribution is 5.78. The largest absolute Gasteiger partial charge is 0.481 e. The highest BCUT2D eigenvalue weighted by Crippen LogP contribution is 2.25. The topological polar surface area (TPSA) is 90.6 Å². The van der Waals surface area contributed by atoms with Gasteiger partial charge in [0.2, 0.25) is 5.88 Å². The van der Waals surface area contributed by atoms with Gasteiger partial charge in [-0.15, -0.1) is 0 Å². The standard InChI is InChI=1S/C21H30N4O3/c1-21(2,3)28-20(26)25-13-15(22)6-8-16(25)7-5-14-11-12-23-17-9-10-18(27-4)24-19(14)17/h9-12,15-16H,5-8,13,22H2,1-4H3/t15-,16-/m0/s1. The van der Waals surface area contributed by atoms with Gasteiger partial charge in [0.25, 0.3) is 0 Å². The molecule has 0 unspecified atom stereocenters. The van der Waals surface area contributed by atoms with Gasteiger partial charge in [-0.1, -0.05) is 0 Å². The number of piperidine rings is 1. The number of likely N-dealkylation sites (tertiary alicyclic amines) is 1. The molecular formula is C21H30N4O3. The second-order valence-electron chi connectivity index (χ2n) is 8.35. The first kappa shape index (κ1) is 20.3. The van der Waals surface area contributed by atoms with E-state index in [0.717, 1.165) is 42.3 Å². The van der Waals surface area contributed by atoms with Crippen molar-refractivity contribution in [3.8, 4) is 5.88 Å². The van der Waals surface area contributed by atoms with Crippen molar-refractivity contribution in [3.05, 3.63) is 30.0 Å². The van der Waals surface area contributed by atoms with Crippen molar-refractivity contribution in [2.45, 2.75) is 64.1 Å². The van der Waals surface area contributed by atoms with Gasteiger partial charge >= 0.3 is 6.09 Å². The lowest BCUT2D eigenvalue weighted by atomic mass is 9.94. The summed E-state index contributed by atoms with van der Waals surface area (Å²) in [5, 5.41) is 0. The van der Waals surface area contributed by atoms with Crippen LogP contribution in [0.15, 0.2) is 24.4 Å². The number of nitrogens with zero attached hydrogens (tertiary/aromatic N) is 3. The van der Waals surface area contributed by atoms with Gasteiger partial charge in [0.05, 0.1) is 18.1 Å². The first-order chi connectivity index (χ1) is 13.3. The van der Waals surface area contributed by atoms with E-state index in [1.165, 1.54) is 0 Å². The second-order valence-corrected chi connectivity index (χ2v) is 8.35. The number of aromatic nitrogens is 2. The number of carbonyl (C=O) groups is 1. The van der Waals surface area contributed by atoms with E-state index in [-0.39, 0.29) is 18.2 Å². The van der Waals surface area contributed by atoms with E-state index in [4.69, 9.17) is 15.2 Å². The number of ether oxygens (including phenoxy) is 2. The average Bonchev–Trinajstić information content (AvgIpc) is 2.65. The zero-order valence-electron chi connectivity index (χ0n) is 17.1. The summed E-state index contributed by atoms with van der Waals surface area (Å²) in [5.74, 6) is 0.570. The van der Waals surface area contributed by atoms with E-state index >= 15 is 0 Å². The molecule has 7 nitrogen and oxygen atoms in total. The van der Waals surface area contributed by atoms with Crippen molar-refractivity contribution in [3.63, 3.8) is 0 Å². The summed E-state index contributed by atoms with van der Waals surface area (Å²) >= 11 is 0. The zero-order valence-corrected chi connectivity index (χ0v) is 17.1. The number of fused-ring (bicyclic) bond motifs is 1. The Balaban J connectivity index is 1.76. The Morgan fingerprint density at radius 3 is 2.79 bits per heavy atom. The van der Waals surface area contributed by atoms with Crippen LogP contribution in [-0.4, -0.2) is 52.3 Å². The van der Waals surface area contributed by atoms with Crippen molar-refractivity contribution in [2.24, 2.45) is 5.73 Å². The predicted octanol–water partition coefficient (Wildman–Crippen LogP) is 3.30. The molecule has 1 fully saturated rings. The Kier molecular flexibility index (Phi) is 6.03. The smallest absolute Gasteiger partial charge is 0.410 e. The van der Waals surface area contributed by atoms with Gasteiger partial charge in [-0.3, -0.25) is 4.98 Å². The number of rotatable bonds is 4. The van der Waals surface area contributed by atoms with Crippen LogP contribution in [0.4, 0.5) is 4.79 Å². The highest BCUT2D eigenvalue weighted by Gasteiger charge is 2.33. The summed E-state index contributed by atoms with van der Waals surface area (Å²) in [6, 6.07) is 5.81. The van der Waals surface area contributed by atoms with E-state index in [0.29, 0.717) is 12.4 Å². The molecule has 2 aromatic heterocycles. The summed E-state index contributed by atoms with van der Waals surface area (Å²) < 4.78 is 10.9. The fraction of sp³-hybridized carbons (Fsp3) is 0.571. The molecule has 3 heterocycles. The van der Waals surface area contributed by atoms with E-state index in [1.54, 1.807) is 18.2 Å². The van der Waals surface area contributed by atoms with E-state index in [2.05, 4.69) is 9.97 Å². The number of methoxy groups -OCH3 is 1. The molecule has 2 N–H and O–H groups in total. The summed E-state index contributed by atoms with van der Waals surface area (Å²) in [6.07, 6.45) is 4.91. The minimum atomic E-state index is -0.523. The minimum Gasteiger partial charge on any atom is -0.481 e. The normalized spacial score (nSPS) is 20.2. The summed E-state index contributed by atoms with van der Waals surface area (Å²) in [5.41, 5.74) is 8.38. The van der Waals surface area contributed by atoms with Crippen molar-refractivity contribution < 1.29 is 14.3 Å². The Bertz CT molecular complexity index is 834. The molecule has 1 saturated heterocycles. The Morgan fingerprint density at radius 1 is 1.29 bits per heavy atom. The first-order valence-corrected chi connectivity index (χ1v) is 9.80. The fourth-order valence-corrected chi connectivity index (χ4v) is 3.60. The van der Waals surface area contributed by atoms with Gasteiger partial charge in [0, 0.05) is 30.9 Å². The van der Waals surface area contributed by atoms with Gasteiger partial charge in [0.1, 0.15) is 5.60 Å². The molecule has 0 spiro atoms. The van der Waals surface area contributed by atoms with Gasteiger partial charge in [0.15, 0.2) is 0 Å². The number of nitrogens with two attached hydrogens (primary N) is 1. The summed E-state index contributed by atoms with van der Waals surface area (Å²) in [6.45, 7) is 6.17. The van der Waals surface area contributed by atoms with Gasteiger partial charge in [-0.25, -0.2) is 9.78 Å². The van der Waals surface area contributed by atoms with Crippen LogP contribution < -0.4 is 10.5 Å². The van der Waals surface area contributed by atoms with Gasteiger partial charge in [-0.05, 0) is 64.2 Å².